The Kier molecular flexibility index (Phi) is 13.3. The topological polar surface area (TPSA) is 18.5 Å². The fraction of sp³-hybridized carbons (Fsp3) is 0.760. The number of ether oxygens (including phenoxy) is 2. The van der Waals surface area contributed by atoms with Crippen molar-refractivity contribution in [3.63, 3.8) is 0 Å². The average Bonchev–Trinajstić information content (AvgIpc) is 2.71. The van der Waals surface area contributed by atoms with Crippen LogP contribution < -0.4 is 4.74 Å². The molecule has 0 saturated carbocycles. The zero-order valence-corrected chi connectivity index (χ0v) is 18.5. The van der Waals surface area contributed by atoms with Crippen LogP contribution in [0.1, 0.15) is 104 Å². The second kappa shape index (κ2) is 15.0. The van der Waals surface area contributed by atoms with Gasteiger partial charge in [-0.05, 0) is 31.4 Å². The first-order valence-corrected chi connectivity index (χ1v) is 11.5. The third kappa shape index (κ3) is 9.14. The van der Waals surface area contributed by atoms with E-state index in [0.29, 0.717) is 5.92 Å². The van der Waals surface area contributed by atoms with Crippen LogP contribution in [0.2, 0.25) is 0 Å². The monoisotopic (exact) mass is 376 g/mol. The SMILES string of the molecule is CCCCCCCCC(CCCC)C(CCCC)(OC)Oc1ccccc1. The highest BCUT2D eigenvalue weighted by Crippen LogP contribution is 2.37. The normalized spacial score (nSPS) is 14.7. The molecule has 1 rings (SSSR count). The zero-order chi connectivity index (χ0) is 19.8. The van der Waals surface area contributed by atoms with Crippen LogP contribution in [0.4, 0.5) is 0 Å². The molecule has 2 heteroatoms. The summed E-state index contributed by atoms with van der Waals surface area (Å²) in [5.41, 5.74) is 0. The third-order valence-corrected chi connectivity index (χ3v) is 5.69. The number of para-hydroxylation sites is 1. The quantitative estimate of drug-likeness (QED) is 0.202. The number of hydrogen-bond donors (Lipinski definition) is 0. The molecule has 0 radical (unpaired) electrons. The van der Waals surface area contributed by atoms with Gasteiger partial charge in [-0.25, -0.2) is 0 Å². The van der Waals surface area contributed by atoms with Crippen molar-refractivity contribution in [2.24, 2.45) is 5.92 Å². The van der Waals surface area contributed by atoms with Gasteiger partial charge in [-0.15, -0.1) is 0 Å². The van der Waals surface area contributed by atoms with Crippen LogP contribution in [-0.2, 0) is 4.74 Å². The van der Waals surface area contributed by atoms with E-state index in [-0.39, 0.29) is 0 Å². The molecule has 0 aliphatic rings. The van der Waals surface area contributed by atoms with Crippen LogP contribution >= 0.6 is 0 Å². The first-order chi connectivity index (χ1) is 13.2. The molecule has 2 atom stereocenters. The minimum atomic E-state index is -0.490. The predicted octanol–water partition coefficient (Wildman–Crippen LogP) is 8.16. The Balaban J connectivity index is 2.83. The Bertz CT molecular complexity index is 445. The lowest BCUT2D eigenvalue weighted by atomic mass is 9.84. The van der Waals surface area contributed by atoms with Crippen LogP contribution in [0.3, 0.4) is 0 Å². The molecule has 156 valence electrons. The second-order valence-electron chi connectivity index (χ2n) is 7.93. The fourth-order valence-electron chi connectivity index (χ4n) is 3.97. The summed E-state index contributed by atoms with van der Waals surface area (Å²) < 4.78 is 12.8. The van der Waals surface area contributed by atoms with E-state index in [4.69, 9.17) is 9.47 Å². The van der Waals surface area contributed by atoms with Gasteiger partial charge in [0.2, 0.25) is 5.79 Å². The first kappa shape index (κ1) is 24.0. The van der Waals surface area contributed by atoms with Crippen molar-refractivity contribution < 1.29 is 9.47 Å². The average molecular weight is 377 g/mol. The molecule has 1 aromatic rings. The van der Waals surface area contributed by atoms with Crippen LogP contribution in [0, 0.1) is 5.92 Å². The molecule has 2 unspecified atom stereocenters. The van der Waals surface area contributed by atoms with Gasteiger partial charge in [-0.2, -0.15) is 0 Å². The summed E-state index contributed by atoms with van der Waals surface area (Å²) in [4.78, 5) is 0. The van der Waals surface area contributed by atoms with Crippen LogP contribution in [0.5, 0.6) is 5.75 Å². The molecule has 0 aromatic heterocycles. The van der Waals surface area contributed by atoms with Gasteiger partial charge in [-0.3, -0.25) is 0 Å². The molecule has 0 aliphatic carbocycles. The van der Waals surface area contributed by atoms with Gasteiger partial charge in [-0.1, -0.05) is 96.8 Å². The minimum absolute atomic E-state index is 0.459. The lowest BCUT2D eigenvalue weighted by molar-refractivity contribution is -0.210. The maximum Gasteiger partial charge on any atom is 0.213 e. The van der Waals surface area contributed by atoms with Gasteiger partial charge in [0, 0.05) is 19.4 Å². The maximum absolute atomic E-state index is 6.59. The van der Waals surface area contributed by atoms with Crippen LogP contribution in [0.15, 0.2) is 30.3 Å². The summed E-state index contributed by atoms with van der Waals surface area (Å²) in [7, 11) is 1.85. The van der Waals surface area contributed by atoms with Crippen molar-refractivity contribution in [1.29, 1.82) is 0 Å². The second-order valence-corrected chi connectivity index (χ2v) is 7.93. The predicted molar refractivity (Wildman–Crippen MR) is 117 cm³/mol. The fourth-order valence-corrected chi connectivity index (χ4v) is 3.97. The van der Waals surface area contributed by atoms with Crippen molar-refractivity contribution in [3.05, 3.63) is 30.3 Å². The summed E-state index contributed by atoms with van der Waals surface area (Å²) in [6.07, 6.45) is 16.2. The third-order valence-electron chi connectivity index (χ3n) is 5.69. The molecule has 2 nitrogen and oxygen atoms in total. The summed E-state index contributed by atoms with van der Waals surface area (Å²) in [6, 6.07) is 10.2. The number of rotatable bonds is 17. The molecule has 0 spiro atoms. The molecule has 0 bridgehead atoms. The van der Waals surface area contributed by atoms with Gasteiger partial charge >= 0.3 is 0 Å². The highest BCUT2D eigenvalue weighted by Gasteiger charge is 2.40. The summed E-state index contributed by atoms with van der Waals surface area (Å²) in [6.45, 7) is 6.81. The Morgan fingerprint density at radius 3 is 1.96 bits per heavy atom. The Morgan fingerprint density at radius 1 is 0.741 bits per heavy atom. The molecule has 0 fully saturated rings. The van der Waals surface area contributed by atoms with E-state index in [1.165, 1.54) is 70.6 Å². The smallest absolute Gasteiger partial charge is 0.213 e. The van der Waals surface area contributed by atoms with E-state index in [2.05, 4.69) is 32.9 Å². The molecule has 0 saturated heterocycles. The molecule has 0 aliphatic heterocycles. The maximum atomic E-state index is 6.59. The Labute approximate surface area is 169 Å². The Hall–Kier alpha value is -1.02. The highest BCUT2D eigenvalue weighted by molar-refractivity contribution is 5.21. The summed E-state index contributed by atoms with van der Waals surface area (Å²) in [5, 5.41) is 0. The van der Waals surface area contributed by atoms with E-state index in [9.17, 15) is 0 Å². The van der Waals surface area contributed by atoms with E-state index in [0.717, 1.165) is 18.6 Å². The number of unbranched alkanes of at least 4 members (excludes halogenated alkanes) is 7. The number of hydrogen-bond acceptors (Lipinski definition) is 2. The standard InChI is InChI=1S/C25H44O2/c1-5-8-11-12-13-15-19-23(18-9-6-2)25(26-4,22-10-7-3)27-24-20-16-14-17-21-24/h14,16-17,20-21,23H,5-13,15,18-19,22H2,1-4H3. The van der Waals surface area contributed by atoms with Gasteiger partial charge in [0.15, 0.2) is 0 Å². The Morgan fingerprint density at radius 2 is 1.33 bits per heavy atom. The van der Waals surface area contributed by atoms with E-state index in [1.54, 1.807) is 0 Å². The lowest BCUT2D eigenvalue weighted by Crippen LogP contribution is -2.46. The van der Waals surface area contributed by atoms with Crippen molar-refractivity contribution in [2.75, 3.05) is 7.11 Å². The summed E-state index contributed by atoms with van der Waals surface area (Å²) in [5.74, 6) is 0.899. The molecular weight excluding hydrogens is 332 g/mol. The van der Waals surface area contributed by atoms with Gasteiger partial charge < -0.3 is 9.47 Å². The lowest BCUT2D eigenvalue weighted by Gasteiger charge is -2.40. The van der Waals surface area contributed by atoms with Crippen molar-refractivity contribution in [2.45, 2.75) is 110 Å². The molecule has 1 aromatic carbocycles. The molecule has 27 heavy (non-hydrogen) atoms. The number of methoxy groups -OCH3 is 1. The van der Waals surface area contributed by atoms with Crippen LogP contribution in [-0.4, -0.2) is 12.9 Å². The minimum Gasteiger partial charge on any atom is -0.462 e. The molecule has 0 amide bonds. The van der Waals surface area contributed by atoms with Gasteiger partial charge in [0.25, 0.3) is 0 Å². The van der Waals surface area contributed by atoms with Gasteiger partial charge in [0.1, 0.15) is 5.75 Å². The first-order valence-electron chi connectivity index (χ1n) is 11.5. The van der Waals surface area contributed by atoms with Gasteiger partial charge in [0.05, 0.1) is 0 Å². The molecule has 0 N–H and O–H groups in total. The number of benzene rings is 1. The largest absolute Gasteiger partial charge is 0.462 e. The van der Waals surface area contributed by atoms with E-state index < -0.39 is 5.79 Å². The van der Waals surface area contributed by atoms with Crippen LogP contribution in [0.25, 0.3) is 0 Å². The highest BCUT2D eigenvalue weighted by atomic mass is 16.7. The van der Waals surface area contributed by atoms with Crippen molar-refractivity contribution in [1.82, 2.24) is 0 Å². The molecular formula is C25H44O2. The summed E-state index contributed by atoms with van der Waals surface area (Å²) >= 11 is 0. The van der Waals surface area contributed by atoms with Crippen molar-refractivity contribution in [3.8, 4) is 5.75 Å². The van der Waals surface area contributed by atoms with E-state index >= 15 is 0 Å². The molecule has 0 heterocycles. The van der Waals surface area contributed by atoms with E-state index in [1.807, 2.05) is 25.3 Å². The van der Waals surface area contributed by atoms with Crippen molar-refractivity contribution >= 4 is 0 Å². The zero-order valence-electron chi connectivity index (χ0n) is 18.5.